The summed E-state index contributed by atoms with van der Waals surface area (Å²) in [6, 6.07) is 8.73. The van der Waals surface area contributed by atoms with Gasteiger partial charge < -0.3 is 29.0 Å². The molecule has 3 aliphatic rings. The van der Waals surface area contributed by atoms with Crippen molar-refractivity contribution in [1.29, 1.82) is 0 Å². The van der Waals surface area contributed by atoms with E-state index in [1.54, 1.807) is 6.08 Å². The summed E-state index contributed by atoms with van der Waals surface area (Å²) in [5.74, 6) is -1.36. The largest absolute Gasteiger partial charge is 0.505 e. The number of carbonyl (C=O) groups is 1. The van der Waals surface area contributed by atoms with Gasteiger partial charge in [0.25, 0.3) is 0 Å². The molecule has 1 N–H and O–H groups in total. The van der Waals surface area contributed by atoms with Gasteiger partial charge in [-0.05, 0) is 11.6 Å². The van der Waals surface area contributed by atoms with E-state index in [0.717, 1.165) is 5.56 Å². The van der Waals surface area contributed by atoms with Gasteiger partial charge in [-0.3, -0.25) is 0 Å². The zero-order chi connectivity index (χ0) is 17.8. The van der Waals surface area contributed by atoms with E-state index in [0.29, 0.717) is 19.8 Å². The molecule has 0 aliphatic carbocycles. The van der Waals surface area contributed by atoms with Gasteiger partial charge in [0, 0.05) is 5.41 Å². The standard InChI is InChI=1S/C18H23NO6/c1-17-11-23-18(24-12-17,25-13-17)15(8-9-21-2)19-16(20)22-10-14-6-4-3-5-7-14/h3-9,15H,10-13H2,1-2H3,(H,19,20)/b9-8+/t15-,17?,18?/m0/s1. The van der Waals surface area contributed by atoms with E-state index in [1.165, 1.54) is 13.4 Å². The molecule has 1 atom stereocenters. The van der Waals surface area contributed by atoms with Crippen molar-refractivity contribution >= 4 is 6.09 Å². The molecule has 0 aromatic heterocycles. The number of rotatable bonds is 6. The number of alkyl carbamates (subject to hydrolysis) is 1. The van der Waals surface area contributed by atoms with Gasteiger partial charge in [-0.1, -0.05) is 37.3 Å². The second-order valence-corrected chi connectivity index (χ2v) is 6.53. The lowest BCUT2D eigenvalue weighted by Crippen LogP contribution is -2.66. The highest BCUT2D eigenvalue weighted by Crippen LogP contribution is 2.40. The van der Waals surface area contributed by atoms with Gasteiger partial charge in [-0.2, -0.15) is 0 Å². The van der Waals surface area contributed by atoms with Gasteiger partial charge in [0.15, 0.2) is 0 Å². The van der Waals surface area contributed by atoms with Crippen molar-refractivity contribution in [2.45, 2.75) is 25.5 Å². The first-order valence-corrected chi connectivity index (χ1v) is 8.14. The molecule has 0 radical (unpaired) electrons. The second-order valence-electron chi connectivity index (χ2n) is 6.53. The van der Waals surface area contributed by atoms with Crippen molar-refractivity contribution in [3.63, 3.8) is 0 Å². The fourth-order valence-corrected chi connectivity index (χ4v) is 2.65. The molecule has 2 bridgehead atoms. The smallest absolute Gasteiger partial charge is 0.408 e. The zero-order valence-corrected chi connectivity index (χ0v) is 14.4. The van der Waals surface area contributed by atoms with Gasteiger partial charge in [0.2, 0.25) is 0 Å². The van der Waals surface area contributed by atoms with E-state index < -0.39 is 18.1 Å². The minimum Gasteiger partial charge on any atom is -0.505 e. The third-order valence-electron chi connectivity index (χ3n) is 4.14. The summed E-state index contributed by atoms with van der Waals surface area (Å²) in [5, 5.41) is 2.72. The lowest BCUT2D eigenvalue weighted by molar-refractivity contribution is -0.469. The first-order valence-electron chi connectivity index (χ1n) is 8.14. The third kappa shape index (κ3) is 4.12. The van der Waals surface area contributed by atoms with Crippen molar-refractivity contribution in [1.82, 2.24) is 5.32 Å². The second kappa shape index (κ2) is 7.43. The Labute approximate surface area is 146 Å². The van der Waals surface area contributed by atoms with E-state index in [4.69, 9.17) is 23.7 Å². The number of benzene rings is 1. The average Bonchev–Trinajstić information content (AvgIpc) is 2.65. The Bertz CT molecular complexity index is 593. The maximum atomic E-state index is 12.2. The topological polar surface area (TPSA) is 75.3 Å². The van der Waals surface area contributed by atoms with Crippen LogP contribution in [0.3, 0.4) is 0 Å². The monoisotopic (exact) mass is 349 g/mol. The van der Waals surface area contributed by atoms with Gasteiger partial charge in [-0.25, -0.2) is 4.79 Å². The molecule has 3 aliphatic heterocycles. The summed E-state index contributed by atoms with van der Waals surface area (Å²) >= 11 is 0. The molecule has 1 aromatic carbocycles. The SMILES string of the molecule is CO/C=C/[C@H](NC(=O)OCc1ccccc1)C12OCC(C)(CO1)CO2. The molecule has 7 heteroatoms. The minimum absolute atomic E-state index is 0.162. The zero-order valence-electron chi connectivity index (χ0n) is 14.4. The normalized spacial score (nSPS) is 29.4. The molecule has 136 valence electrons. The predicted octanol–water partition coefficient (Wildman–Crippen LogP) is 2.18. The van der Waals surface area contributed by atoms with Crippen LogP contribution in [0.1, 0.15) is 12.5 Å². The molecule has 0 saturated carbocycles. The van der Waals surface area contributed by atoms with Crippen molar-refractivity contribution in [3.05, 3.63) is 48.2 Å². The van der Waals surface area contributed by atoms with Crippen LogP contribution >= 0.6 is 0 Å². The average molecular weight is 349 g/mol. The Morgan fingerprint density at radius 3 is 2.48 bits per heavy atom. The Morgan fingerprint density at radius 1 is 1.24 bits per heavy atom. The summed E-state index contributed by atoms with van der Waals surface area (Å²) in [7, 11) is 1.51. The van der Waals surface area contributed by atoms with Crippen molar-refractivity contribution in [3.8, 4) is 0 Å². The number of ether oxygens (including phenoxy) is 5. The lowest BCUT2D eigenvalue weighted by Gasteiger charge is -2.52. The van der Waals surface area contributed by atoms with Crippen molar-refractivity contribution < 1.29 is 28.5 Å². The molecular weight excluding hydrogens is 326 g/mol. The number of methoxy groups -OCH3 is 1. The Kier molecular flexibility index (Phi) is 5.27. The Balaban J connectivity index is 1.63. The van der Waals surface area contributed by atoms with Crippen LogP contribution < -0.4 is 5.32 Å². The summed E-state index contributed by atoms with van der Waals surface area (Å²) in [6.07, 6.45) is 2.45. The van der Waals surface area contributed by atoms with Crippen LogP contribution in [0.4, 0.5) is 4.79 Å². The Morgan fingerprint density at radius 2 is 1.88 bits per heavy atom. The maximum Gasteiger partial charge on any atom is 0.408 e. The number of fused-ring (bicyclic) bond motifs is 3. The molecule has 3 fully saturated rings. The lowest BCUT2D eigenvalue weighted by atomic mass is 9.91. The van der Waals surface area contributed by atoms with Crippen molar-refractivity contribution in [2.24, 2.45) is 5.41 Å². The minimum atomic E-state index is -1.36. The molecule has 1 amide bonds. The van der Waals surface area contributed by atoms with Crippen LogP contribution in [0.15, 0.2) is 42.7 Å². The molecule has 7 nitrogen and oxygen atoms in total. The fourth-order valence-electron chi connectivity index (χ4n) is 2.65. The van der Waals surface area contributed by atoms with Gasteiger partial charge >= 0.3 is 12.1 Å². The highest BCUT2D eigenvalue weighted by Gasteiger charge is 2.55. The van der Waals surface area contributed by atoms with Gasteiger partial charge in [-0.15, -0.1) is 0 Å². The summed E-state index contributed by atoms with van der Waals surface area (Å²) < 4.78 is 27.5. The van der Waals surface area contributed by atoms with Crippen LogP contribution in [-0.2, 0) is 30.3 Å². The molecular formula is C18H23NO6. The van der Waals surface area contributed by atoms with Crippen LogP contribution in [0.25, 0.3) is 0 Å². The Hall–Kier alpha value is -2.09. The molecule has 3 heterocycles. The van der Waals surface area contributed by atoms with Gasteiger partial charge in [0.1, 0.15) is 12.6 Å². The number of carbonyl (C=O) groups excluding carboxylic acids is 1. The van der Waals surface area contributed by atoms with Crippen LogP contribution in [-0.4, -0.2) is 45.0 Å². The summed E-state index contributed by atoms with van der Waals surface area (Å²) in [6.45, 7) is 3.67. The van der Waals surface area contributed by atoms with Gasteiger partial charge in [0.05, 0.1) is 33.2 Å². The van der Waals surface area contributed by atoms with E-state index in [-0.39, 0.29) is 12.0 Å². The number of hydrogen-bond acceptors (Lipinski definition) is 6. The first-order chi connectivity index (χ1) is 12.1. The number of amides is 1. The maximum absolute atomic E-state index is 12.2. The highest BCUT2D eigenvalue weighted by molar-refractivity contribution is 5.68. The summed E-state index contributed by atoms with van der Waals surface area (Å²) in [5.41, 5.74) is 0.736. The fraction of sp³-hybridized carbons (Fsp3) is 0.500. The molecule has 0 unspecified atom stereocenters. The predicted molar refractivity (Wildman–Crippen MR) is 88.4 cm³/mol. The third-order valence-corrected chi connectivity index (χ3v) is 4.14. The molecule has 0 spiro atoms. The van der Waals surface area contributed by atoms with E-state index in [1.807, 2.05) is 37.3 Å². The number of nitrogens with one attached hydrogen (secondary N) is 1. The summed E-state index contributed by atoms with van der Waals surface area (Å²) in [4.78, 5) is 12.2. The van der Waals surface area contributed by atoms with Crippen LogP contribution in [0, 0.1) is 5.41 Å². The quantitative estimate of drug-likeness (QED) is 0.794. The molecule has 25 heavy (non-hydrogen) atoms. The molecule has 4 rings (SSSR count). The van der Waals surface area contributed by atoms with Crippen LogP contribution in [0.2, 0.25) is 0 Å². The van der Waals surface area contributed by atoms with E-state index in [2.05, 4.69) is 5.32 Å². The molecule has 1 aromatic rings. The first kappa shape index (κ1) is 17.7. The highest BCUT2D eigenvalue weighted by atomic mass is 16.9. The van der Waals surface area contributed by atoms with Crippen molar-refractivity contribution in [2.75, 3.05) is 26.9 Å². The van der Waals surface area contributed by atoms with E-state index in [9.17, 15) is 4.79 Å². The number of hydrogen-bond donors (Lipinski definition) is 1. The van der Waals surface area contributed by atoms with Crippen LogP contribution in [0.5, 0.6) is 0 Å². The van der Waals surface area contributed by atoms with E-state index >= 15 is 0 Å². The molecule has 3 saturated heterocycles.